The molecular weight excluding hydrogens is 342 g/mol. The molecular formula is C22H27NO4. The van der Waals surface area contributed by atoms with Crippen molar-refractivity contribution >= 4 is 5.91 Å². The van der Waals surface area contributed by atoms with E-state index < -0.39 is 0 Å². The van der Waals surface area contributed by atoms with Crippen molar-refractivity contribution in [2.45, 2.75) is 33.0 Å². The zero-order valence-corrected chi connectivity index (χ0v) is 16.5. The van der Waals surface area contributed by atoms with Crippen LogP contribution in [0.3, 0.4) is 0 Å². The van der Waals surface area contributed by atoms with Crippen LogP contribution >= 0.6 is 0 Å². The van der Waals surface area contributed by atoms with E-state index in [1.54, 1.807) is 18.1 Å². The number of allylic oxidation sites excluding steroid dienone is 2. The number of methoxy groups -OCH3 is 2. The van der Waals surface area contributed by atoms with Crippen molar-refractivity contribution in [3.63, 3.8) is 0 Å². The number of rotatable bonds is 7. The number of hydrogen-bond donors (Lipinski definition) is 0. The van der Waals surface area contributed by atoms with Gasteiger partial charge in [0.15, 0.2) is 0 Å². The summed E-state index contributed by atoms with van der Waals surface area (Å²) in [5, 5.41) is 0. The van der Waals surface area contributed by atoms with Crippen LogP contribution in [0.5, 0.6) is 0 Å². The van der Waals surface area contributed by atoms with E-state index in [9.17, 15) is 4.79 Å². The number of hydrogen-bond acceptors (Lipinski definition) is 4. The molecule has 2 heterocycles. The highest BCUT2D eigenvalue weighted by atomic mass is 16.6. The van der Waals surface area contributed by atoms with Crippen molar-refractivity contribution in [1.29, 1.82) is 0 Å². The summed E-state index contributed by atoms with van der Waals surface area (Å²) in [6.45, 7) is 10.0. The van der Waals surface area contributed by atoms with Gasteiger partial charge in [-0.05, 0) is 28.7 Å². The SMILES string of the molecule is C=C(C(=O)N1Cc2ccc(C3CO3)cc2C1)C(=CC(=CC(C)C)OC)OC. The Morgan fingerprint density at radius 3 is 2.56 bits per heavy atom. The predicted octanol–water partition coefficient (Wildman–Crippen LogP) is 3.87. The Balaban J connectivity index is 1.73. The molecule has 0 aromatic heterocycles. The number of ether oxygens (including phenoxy) is 3. The van der Waals surface area contributed by atoms with E-state index in [4.69, 9.17) is 14.2 Å². The molecule has 144 valence electrons. The lowest BCUT2D eigenvalue weighted by Crippen LogP contribution is -2.27. The molecule has 0 N–H and O–H groups in total. The first kappa shape index (κ1) is 19.2. The third kappa shape index (κ3) is 4.42. The molecule has 5 nitrogen and oxygen atoms in total. The summed E-state index contributed by atoms with van der Waals surface area (Å²) in [7, 11) is 3.13. The highest BCUT2D eigenvalue weighted by molar-refractivity contribution is 5.97. The molecule has 0 spiro atoms. The second-order valence-electron chi connectivity index (χ2n) is 7.22. The first-order chi connectivity index (χ1) is 12.9. The van der Waals surface area contributed by atoms with Crippen LogP contribution in [0.4, 0.5) is 0 Å². The summed E-state index contributed by atoms with van der Waals surface area (Å²) in [6, 6.07) is 6.32. The molecule has 27 heavy (non-hydrogen) atoms. The average molecular weight is 369 g/mol. The molecule has 0 aliphatic carbocycles. The standard InChI is InChI=1S/C22H27NO4/c1-14(2)8-19(25-4)10-20(26-5)15(3)22(24)23-11-17-7-6-16(21-13-27-21)9-18(17)12-23/h6-10,14,21H,3,11-13H2,1-2,4-5H3. The first-order valence-electron chi connectivity index (χ1n) is 9.16. The second kappa shape index (κ2) is 8.01. The minimum Gasteiger partial charge on any atom is -0.497 e. The van der Waals surface area contributed by atoms with Gasteiger partial charge in [0.05, 0.1) is 26.4 Å². The van der Waals surface area contributed by atoms with Crippen LogP contribution in [-0.2, 0) is 32.1 Å². The number of carbonyl (C=O) groups excluding carboxylic acids is 1. The maximum Gasteiger partial charge on any atom is 0.257 e. The van der Waals surface area contributed by atoms with Crippen LogP contribution in [0, 0.1) is 5.92 Å². The Labute approximate surface area is 160 Å². The summed E-state index contributed by atoms with van der Waals surface area (Å²) in [6.07, 6.45) is 3.90. The van der Waals surface area contributed by atoms with Gasteiger partial charge in [0.2, 0.25) is 0 Å². The van der Waals surface area contributed by atoms with E-state index in [1.165, 1.54) is 23.8 Å². The summed E-state index contributed by atoms with van der Waals surface area (Å²) < 4.78 is 16.1. The van der Waals surface area contributed by atoms with Crippen LogP contribution < -0.4 is 0 Å². The van der Waals surface area contributed by atoms with Gasteiger partial charge in [-0.15, -0.1) is 0 Å². The van der Waals surface area contributed by atoms with Gasteiger partial charge < -0.3 is 19.1 Å². The minimum absolute atomic E-state index is 0.136. The molecule has 1 atom stereocenters. The normalized spacial score (nSPS) is 19.1. The van der Waals surface area contributed by atoms with Crippen molar-refractivity contribution in [2.24, 2.45) is 5.92 Å². The van der Waals surface area contributed by atoms with Gasteiger partial charge in [0, 0.05) is 19.2 Å². The molecule has 1 aromatic rings. The summed E-state index contributed by atoms with van der Waals surface area (Å²) >= 11 is 0. The van der Waals surface area contributed by atoms with Gasteiger partial charge in [-0.3, -0.25) is 4.79 Å². The number of carbonyl (C=O) groups is 1. The molecule has 1 amide bonds. The fourth-order valence-electron chi connectivity index (χ4n) is 3.20. The highest BCUT2D eigenvalue weighted by Crippen LogP contribution is 2.34. The van der Waals surface area contributed by atoms with Gasteiger partial charge in [-0.2, -0.15) is 0 Å². The molecule has 1 unspecified atom stereocenters. The third-order valence-corrected chi connectivity index (χ3v) is 4.73. The molecule has 0 bridgehead atoms. The van der Waals surface area contributed by atoms with Crippen molar-refractivity contribution in [3.05, 3.63) is 70.7 Å². The number of epoxide rings is 1. The van der Waals surface area contributed by atoms with Crippen molar-refractivity contribution < 1.29 is 19.0 Å². The zero-order valence-electron chi connectivity index (χ0n) is 16.5. The van der Waals surface area contributed by atoms with Gasteiger partial charge in [-0.25, -0.2) is 0 Å². The molecule has 1 fully saturated rings. The van der Waals surface area contributed by atoms with E-state index in [-0.39, 0.29) is 12.0 Å². The molecule has 0 radical (unpaired) electrons. The lowest BCUT2D eigenvalue weighted by Gasteiger charge is -2.18. The van der Waals surface area contributed by atoms with E-state index in [0.717, 1.165) is 6.61 Å². The van der Waals surface area contributed by atoms with Crippen molar-refractivity contribution in [3.8, 4) is 0 Å². The minimum atomic E-state index is -0.136. The predicted molar refractivity (Wildman–Crippen MR) is 104 cm³/mol. The smallest absolute Gasteiger partial charge is 0.257 e. The van der Waals surface area contributed by atoms with Gasteiger partial charge in [0.25, 0.3) is 5.91 Å². The number of nitrogens with zero attached hydrogens (tertiary/aromatic N) is 1. The van der Waals surface area contributed by atoms with E-state index in [2.05, 4.69) is 38.6 Å². The molecule has 5 heteroatoms. The summed E-state index contributed by atoms with van der Waals surface area (Å²) in [4.78, 5) is 14.7. The maximum absolute atomic E-state index is 13.0. The molecule has 1 aromatic carbocycles. The Kier molecular flexibility index (Phi) is 5.71. The lowest BCUT2D eigenvalue weighted by molar-refractivity contribution is -0.127. The first-order valence-corrected chi connectivity index (χ1v) is 9.16. The Hall–Kier alpha value is -2.53. The van der Waals surface area contributed by atoms with E-state index in [1.807, 2.05) is 6.08 Å². The Bertz CT molecular complexity index is 803. The highest BCUT2D eigenvalue weighted by Gasteiger charge is 2.30. The summed E-state index contributed by atoms with van der Waals surface area (Å²) in [5.74, 6) is 1.24. The van der Waals surface area contributed by atoms with Gasteiger partial charge in [-0.1, -0.05) is 38.6 Å². The van der Waals surface area contributed by atoms with Gasteiger partial charge in [0.1, 0.15) is 17.6 Å². The van der Waals surface area contributed by atoms with Crippen LogP contribution in [0.25, 0.3) is 0 Å². The Morgan fingerprint density at radius 2 is 1.96 bits per heavy atom. The van der Waals surface area contributed by atoms with Crippen LogP contribution in [0.15, 0.2) is 54.0 Å². The molecule has 2 aliphatic rings. The molecule has 0 saturated carbocycles. The molecule has 2 aliphatic heterocycles. The van der Waals surface area contributed by atoms with Crippen LogP contribution in [0.2, 0.25) is 0 Å². The Morgan fingerprint density at radius 1 is 1.26 bits per heavy atom. The number of benzene rings is 1. The second-order valence-corrected chi connectivity index (χ2v) is 7.22. The maximum atomic E-state index is 13.0. The largest absolute Gasteiger partial charge is 0.497 e. The number of fused-ring (bicyclic) bond motifs is 1. The van der Waals surface area contributed by atoms with E-state index in [0.29, 0.717) is 36.1 Å². The van der Waals surface area contributed by atoms with Gasteiger partial charge >= 0.3 is 0 Å². The van der Waals surface area contributed by atoms with Crippen LogP contribution in [-0.4, -0.2) is 31.6 Å². The number of amides is 1. The topological polar surface area (TPSA) is 51.3 Å². The average Bonchev–Trinajstić information content (AvgIpc) is 3.42. The molecule has 1 saturated heterocycles. The monoisotopic (exact) mass is 369 g/mol. The van der Waals surface area contributed by atoms with Crippen LogP contribution in [0.1, 0.15) is 36.6 Å². The quantitative estimate of drug-likeness (QED) is 0.317. The lowest BCUT2D eigenvalue weighted by atomic mass is 10.0. The zero-order chi connectivity index (χ0) is 19.6. The summed E-state index contributed by atoms with van der Waals surface area (Å²) in [5.41, 5.74) is 3.84. The molecule has 3 rings (SSSR count). The van der Waals surface area contributed by atoms with E-state index >= 15 is 0 Å². The fraction of sp³-hybridized carbons (Fsp3) is 0.409. The van der Waals surface area contributed by atoms with Crippen molar-refractivity contribution in [2.75, 3.05) is 20.8 Å². The fourth-order valence-corrected chi connectivity index (χ4v) is 3.20. The third-order valence-electron chi connectivity index (χ3n) is 4.73. The van der Waals surface area contributed by atoms with Crippen molar-refractivity contribution in [1.82, 2.24) is 4.90 Å².